The van der Waals surface area contributed by atoms with Gasteiger partial charge in [-0.2, -0.15) is 0 Å². The van der Waals surface area contributed by atoms with E-state index in [-0.39, 0.29) is 5.78 Å². The van der Waals surface area contributed by atoms with E-state index in [1.165, 1.54) is 6.33 Å². The molecule has 0 aliphatic carbocycles. The van der Waals surface area contributed by atoms with Gasteiger partial charge in [0, 0.05) is 16.6 Å². The Morgan fingerprint density at radius 2 is 1.85 bits per heavy atom. The van der Waals surface area contributed by atoms with E-state index >= 15 is 0 Å². The fraction of sp³-hybridized carbons (Fsp3) is 0.0625. The largest absolute Gasteiger partial charge is 0.340 e. The molecule has 0 amide bonds. The first-order valence-corrected chi connectivity index (χ1v) is 6.32. The summed E-state index contributed by atoms with van der Waals surface area (Å²) >= 11 is 0. The fourth-order valence-electron chi connectivity index (χ4n) is 2.03. The molecule has 0 unspecified atom stereocenters. The minimum Gasteiger partial charge on any atom is -0.340 e. The molecule has 0 fully saturated rings. The van der Waals surface area contributed by atoms with Crippen molar-refractivity contribution >= 4 is 28.2 Å². The van der Waals surface area contributed by atoms with E-state index in [4.69, 9.17) is 0 Å². The maximum Gasteiger partial charge on any atom is 0.159 e. The molecule has 3 aromatic rings. The zero-order valence-electron chi connectivity index (χ0n) is 11.0. The van der Waals surface area contributed by atoms with Gasteiger partial charge in [0.25, 0.3) is 0 Å². The molecule has 0 saturated heterocycles. The van der Waals surface area contributed by atoms with E-state index in [2.05, 4.69) is 15.3 Å². The predicted octanol–water partition coefficient (Wildman–Crippen LogP) is 3.58. The summed E-state index contributed by atoms with van der Waals surface area (Å²) in [5.74, 6) is 0.763. The average Bonchev–Trinajstić information content (AvgIpc) is 2.48. The number of hydrogen-bond acceptors (Lipinski definition) is 4. The minimum atomic E-state index is 0.0306. The quantitative estimate of drug-likeness (QED) is 0.734. The summed E-state index contributed by atoms with van der Waals surface area (Å²) in [7, 11) is 0. The van der Waals surface area contributed by atoms with Gasteiger partial charge >= 0.3 is 0 Å². The maximum atomic E-state index is 11.4. The number of para-hydroxylation sites is 1. The summed E-state index contributed by atoms with van der Waals surface area (Å²) in [5.41, 5.74) is 2.37. The number of hydrogen-bond donors (Lipinski definition) is 1. The zero-order chi connectivity index (χ0) is 13.9. The molecule has 4 nitrogen and oxygen atoms in total. The normalized spacial score (nSPS) is 10.4. The Labute approximate surface area is 116 Å². The topological polar surface area (TPSA) is 54.9 Å². The fourth-order valence-corrected chi connectivity index (χ4v) is 2.03. The van der Waals surface area contributed by atoms with Gasteiger partial charge in [0.1, 0.15) is 12.1 Å². The first-order chi connectivity index (χ1) is 9.74. The highest BCUT2D eigenvalue weighted by Crippen LogP contribution is 2.23. The highest BCUT2D eigenvalue weighted by atomic mass is 16.1. The van der Waals surface area contributed by atoms with Crippen LogP contribution in [-0.2, 0) is 0 Å². The standard InChI is InChI=1S/C16H13N3O/c1-11(20)12-7-8-14-15(9-12)17-10-18-16(14)19-13-5-3-2-4-6-13/h2-10H,1H3,(H,17,18,19). The van der Waals surface area contributed by atoms with Crippen molar-refractivity contribution in [2.75, 3.05) is 5.32 Å². The smallest absolute Gasteiger partial charge is 0.159 e. The van der Waals surface area contributed by atoms with E-state index in [9.17, 15) is 4.79 Å². The minimum absolute atomic E-state index is 0.0306. The number of rotatable bonds is 3. The van der Waals surface area contributed by atoms with E-state index < -0.39 is 0 Å². The number of carbonyl (C=O) groups is 1. The Hall–Kier alpha value is -2.75. The third-order valence-electron chi connectivity index (χ3n) is 3.08. The third-order valence-corrected chi connectivity index (χ3v) is 3.08. The molecule has 0 bridgehead atoms. The summed E-state index contributed by atoms with van der Waals surface area (Å²) in [6, 6.07) is 15.3. The molecule has 20 heavy (non-hydrogen) atoms. The molecule has 98 valence electrons. The summed E-state index contributed by atoms with van der Waals surface area (Å²) in [4.78, 5) is 19.9. The van der Waals surface area contributed by atoms with Crippen LogP contribution in [0.15, 0.2) is 54.9 Å². The van der Waals surface area contributed by atoms with Crippen molar-refractivity contribution in [3.63, 3.8) is 0 Å². The van der Waals surface area contributed by atoms with Crippen molar-refractivity contribution in [1.82, 2.24) is 9.97 Å². The first-order valence-electron chi connectivity index (χ1n) is 6.32. The lowest BCUT2D eigenvalue weighted by Crippen LogP contribution is -1.97. The second-order valence-corrected chi connectivity index (χ2v) is 4.50. The number of ketones is 1. The van der Waals surface area contributed by atoms with Crippen LogP contribution >= 0.6 is 0 Å². The summed E-state index contributed by atoms with van der Waals surface area (Å²) in [5, 5.41) is 4.15. The van der Waals surface area contributed by atoms with Gasteiger partial charge in [-0.15, -0.1) is 0 Å². The van der Waals surface area contributed by atoms with Crippen LogP contribution in [0.5, 0.6) is 0 Å². The van der Waals surface area contributed by atoms with E-state index in [1.807, 2.05) is 36.4 Å². The Bertz CT molecular complexity index is 769. The highest BCUT2D eigenvalue weighted by Gasteiger charge is 2.06. The molecule has 1 heterocycles. The molecule has 3 rings (SSSR count). The van der Waals surface area contributed by atoms with Gasteiger partial charge < -0.3 is 5.32 Å². The molecular formula is C16H13N3O. The molecule has 0 spiro atoms. The number of anilines is 2. The Morgan fingerprint density at radius 1 is 1.05 bits per heavy atom. The molecule has 2 aromatic carbocycles. The molecule has 0 aliphatic heterocycles. The van der Waals surface area contributed by atoms with Crippen molar-refractivity contribution in [2.45, 2.75) is 6.92 Å². The van der Waals surface area contributed by atoms with Crippen molar-refractivity contribution in [3.8, 4) is 0 Å². The van der Waals surface area contributed by atoms with Crippen LogP contribution in [0.25, 0.3) is 10.9 Å². The highest BCUT2D eigenvalue weighted by molar-refractivity contribution is 5.99. The number of benzene rings is 2. The number of nitrogens with one attached hydrogen (secondary N) is 1. The van der Waals surface area contributed by atoms with Crippen LogP contribution in [-0.4, -0.2) is 15.8 Å². The van der Waals surface area contributed by atoms with Crippen LogP contribution < -0.4 is 5.32 Å². The second kappa shape index (κ2) is 5.09. The number of carbonyl (C=O) groups excluding carboxylic acids is 1. The van der Waals surface area contributed by atoms with Gasteiger partial charge in [-0.25, -0.2) is 9.97 Å². The van der Waals surface area contributed by atoms with Gasteiger partial charge in [-0.05, 0) is 31.2 Å². The molecule has 0 aliphatic rings. The van der Waals surface area contributed by atoms with Gasteiger partial charge in [0.15, 0.2) is 5.78 Å². The predicted molar refractivity (Wildman–Crippen MR) is 79.3 cm³/mol. The summed E-state index contributed by atoms with van der Waals surface area (Å²) in [6.45, 7) is 1.55. The van der Waals surface area contributed by atoms with Crippen LogP contribution in [0.3, 0.4) is 0 Å². The Morgan fingerprint density at radius 3 is 2.60 bits per heavy atom. The van der Waals surface area contributed by atoms with Crippen molar-refractivity contribution in [3.05, 3.63) is 60.4 Å². The lowest BCUT2D eigenvalue weighted by atomic mass is 10.1. The van der Waals surface area contributed by atoms with E-state index in [1.54, 1.807) is 19.1 Å². The molecular weight excluding hydrogens is 250 g/mol. The monoisotopic (exact) mass is 263 g/mol. The molecule has 0 saturated carbocycles. The Balaban J connectivity index is 2.06. The van der Waals surface area contributed by atoms with Gasteiger partial charge in [-0.1, -0.05) is 24.3 Å². The van der Waals surface area contributed by atoms with Crippen molar-refractivity contribution in [2.24, 2.45) is 0 Å². The third kappa shape index (κ3) is 2.36. The number of Topliss-reactive ketones (excluding diaryl/α,β-unsaturated/α-hetero) is 1. The van der Waals surface area contributed by atoms with E-state index in [0.29, 0.717) is 5.56 Å². The van der Waals surface area contributed by atoms with Crippen LogP contribution in [0.2, 0.25) is 0 Å². The SMILES string of the molecule is CC(=O)c1ccc2c(Nc3ccccc3)ncnc2c1. The zero-order valence-corrected chi connectivity index (χ0v) is 11.0. The van der Waals surface area contributed by atoms with Gasteiger partial charge in [0.2, 0.25) is 0 Å². The maximum absolute atomic E-state index is 11.4. The number of nitrogens with zero attached hydrogens (tertiary/aromatic N) is 2. The lowest BCUT2D eigenvalue weighted by Gasteiger charge is -2.08. The molecule has 0 atom stereocenters. The van der Waals surface area contributed by atoms with Crippen molar-refractivity contribution in [1.29, 1.82) is 0 Å². The Kier molecular flexibility index (Phi) is 3.13. The second-order valence-electron chi connectivity index (χ2n) is 4.50. The summed E-state index contributed by atoms with van der Waals surface area (Å²) < 4.78 is 0. The van der Waals surface area contributed by atoms with E-state index in [0.717, 1.165) is 22.4 Å². The molecule has 1 aromatic heterocycles. The van der Waals surface area contributed by atoms with Gasteiger partial charge in [0.05, 0.1) is 5.52 Å². The lowest BCUT2D eigenvalue weighted by molar-refractivity contribution is 0.101. The van der Waals surface area contributed by atoms with Crippen LogP contribution in [0, 0.1) is 0 Å². The first kappa shape index (κ1) is 12.3. The van der Waals surface area contributed by atoms with Gasteiger partial charge in [-0.3, -0.25) is 4.79 Å². The number of fused-ring (bicyclic) bond motifs is 1. The molecule has 4 heteroatoms. The van der Waals surface area contributed by atoms with Crippen molar-refractivity contribution < 1.29 is 4.79 Å². The van der Waals surface area contributed by atoms with Crippen LogP contribution in [0.1, 0.15) is 17.3 Å². The molecule has 1 N–H and O–H groups in total. The summed E-state index contributed by atoms with van der Waals surface area (Å²) in [6.07, 6.45) is 1.50. The number of aromatic nitrogens is 2. The van der Waals surface area contributed by atoms with Crippen LogP contribution in [0.4, 0.5) is 11.5 Å². The average molecular weight is 263 g/mol. The molecule has 0 radical (unpaired) electrons.